The van der Waals surface area contributed by atoms with E-state index in [0.29, 0.717) is 0 Å². The Morgan fingerprint density at radius 3 is 1.00 bits per heavy atom. The molecule has 0 saturated carbocycles. The third-order valence-electron chi connectivity index (χ3n) is 0. The van der Waals surface area contributed by atoms with Gasteiger partial charge in [-0.15, -0.1) is 0 Å². The maximum atomic E-state index is 0. The molecule has 0 radical (unpaired) electrons. The zero-order valence-corrected chi connectivity index (χ0v) is 1.46. The summed E-state index contributed by atoms with van der Waals surface area (Å²) in [4.78, 5) is 0. The Kier molecular flexibility index (Phi) is 180. The number of hydrogen-bond acceptors (Lipinski definition) is 0. The van der Waals surface area contributed by atoms with Gasteiger partial charge in [0, 0.05) is 17.1 Å². The van der Waals surface area contributed by atoms with Gasteiger partial charge in [-0.3, -0.25) is 0 Å². The van der Waals surface area contributed by atoms with Crippen LogP contribution < -0.4 is 0 Å². The molecule has 26 valence electrons. The van der Waals surface area contributed by atoms with Crippen molar-refractivity contribution in [2.75, 3.05) is 0 Å². The summed E-state index contributed by atoms with van der Waals surface area (Å²) in [7, 11) is 0. The molecule has 0 atom stereocenters. The molecule has 0 aromatic carbocycles. The summed E-state index contributed by atoms with van der Waals surface area (Å²) in [5, 5.41) is 0. The van der Waals surface area contributed by atoms with Crippen LogP contribution in [0.2, 0.25) is 0 Å². The Hall–Kier alpha value is 2.06. The Morgan fingerprint density at radius 2 is 1.00 bits per heavy atom. The third kappa shape index (κ3) is 8.96. The molecule has 0 aliphatic rings. The molecule has 0 amide bonds. The zero-order chi connectivity index (χ0) is 0. The Labute approximate surface area is 73.2 Å². The van der Waals surface area contributed by atoms with E-state index in [1.165, 1.54) is 0 Å². The average molecular weight is 144 g/mol. The van der Waals surface area contributed by atoms with Gasteiger partial charge in [0.25, 0.3) is 0 Å². The van der Waals surface area contributed by atoms with Gasteiger partial charge < -0.3 is 0 Å². The quantitative estimate of drug-likeness (QED) is 0.309. The van der Waals surface area contributed by atoms with E-state index >= 15 is 0 Å². The molecule has 4 heteroatoms. The molecule has 0 N–H and O–H groups in total. The summed E-state index contributed by atoms with van der Waals surface area (Å²) in [6.45, 7) is 0. The van der Waals surface area contributed by atoms with E-state index in [9.17, 15) is 0 Å². The van der Waals surface area contributed by atoms with Crippen molar-refractivity contribution in [1.82, 2.24) is 0 Å². The zero-order valence-electron chi connectivity index (χ0n) is 0.354. The molecule has 0 aliphatic heterocycles. The van der Waals surface area contributed by atoms with Crippen molar-refractivity contribution >= 4 is 57.1 Å². The van der Waals surface area contributed by atoms with Crippen molar-refractivity contribution in [3.63, 3.8) is 0 Å². The molecule has 0 rings (SSSR count). The monoisotopic (exact) mass is 144 g/mol. The van der Waals surface area contributed by atoms with Crippen molar-refractivity contribution < 1.29 is 17.1 Å². The molecule has 0 fully saturated rings. The molecule has 0 nitrogen and oxygen atoms in total. The van der Waals surface area contributed by atoms with Crippen LogP contribution in [0.5, 0.6) is 0 Å². The average Bonchev–Trinajstić information content (AvgIpc) is 0. The largest absolute Gasteiger partial charge is 0.0149 e. The van der Waals surface area contributed by atoms with Crippen LogP contribution in [-0.4, -0.2) is 57.1 Å². The van der Waals surface area contributed by atoms with E-state index in [2.05, 4.69) is 0 Å². The van der Waals surface area contributed by atoms with Crippen molar-refractivity contribution in [3.8, 4) is 0 Å². The fourth-order valence-electron chi connectivity index (χ4n) is 0. The molecule has 0 heterocycles. The van der Waals surface area contributed by atoms with Crippen LogP contribution in [0.25, 0.3) is 0 Å². The normalized spacial score (nSPS) is 0. The molecule has 0 spiro atoms. The van der Waals surface area contributed by atoms with Crippen LogP contribution >= 0.6 is 0 Å². The van der Waals surface area contributed by atoms with E-state index in [0.717, 1.165) is 0 Å². The van der Waals surface area contributed by atoms with Gasteiger partial charge in [0.05, 0.1) is 8.41 Å². The smallest absolute Gasteiger partial charge is 0 e. The van der Waals surface area contributed by atoms with E-state index in [4.69, 9.17) is 0 Å². The summed E-state index contributed by atoms with van der Waals surface area (Å²) in [5.41, 5.74) is 0. The Balaban J connectivity index is 0. The molecular weight excluding hydrogens is 135 g/mol. The molecule has 4 heavy (non-hydrogen) atoms. The maximum Gasteiger partial charge on any atom is 0 e. The van der Waals surface area contributed by atoms with Gasteiger partial charge >= 0.3 is 37.7 Å². The second-order valence-corrected chi connectivity index (χ2v) is 0. The fourth-order valence-corrected chi connectivity index (χ4v) is 0. The van der Waals surface area contributed by atoms with Gasteiger partial charge in [-0.25, -0.2) is 0 Å². The summed E-state index contributed by atoms with van der Waals surface area (Å²) in [6, 6.07) is 0. The van der Waals surface area contributed by atoms with Crippen LogP contribution in [0, 0.1) is 0 Å². The first-order valence-electron chi connectivity index (χ1n) is 0. The van der Waals surface area contributed by atoms with Gasteiger partial charge in [-0.05, 0) is 11.0 Å². The van der Waals surface area contributed by atoms with E-state index in [1.54, 1.807) is 0 Å². The van der Waals surface area contributed by atoms with Gasteiger partial charge in [-0.1, -0.05) is 0 Å². The number of rotatable bonds is 0. The van der Waals surface area contributed by atoms with E-state index in [-0.39, 0.29) is 74.2 Å². The first kappa shape index (κ1) is 36.5. The van der Waals surface area contributed by atoms with Gasteiger partial charge in [-0.2, -0.15) is 0 Å². The molecule has 0 aliphatic carbocycles. The van der Waals surface area contributed by atoms with Crippen LogP contribution in [0.15, 0.2) is 0 Å². The summed E-state index contributed by atoms with van der Waals surface area (Å²) in [6.07, 6.45) is 0. The van der Waals surface area contributed by atoms with Crippen LogP contribution in [-0.2, 0) is 17.1 Å². The molecule has 0 unspecified atom stereocenters. The Bertz CT molecular complexity index is 8.00. The fraction of sp³-hybridized carbons (Fsp3) is 0. The molecule has 0 aromatic heterocycles. The Morgan fingerprint density at radius 1 is 1.00 bits per heavy atom. The minimum Gasteiger partial charge on any atom is -0.0149 e. The maximum absolute atomic E-state index is 0. The van der Waals surface area contributed by atoms with E-state index in [1.807, 2.05) is 0 Å². The van der Waals surface area contributed by atoms with E-state index < -0.39 is 0 Å². The topological polar surface area (TPSA) is 0 Å². The summed E-state index contributed by atoms with van der Waals surface area (Å²) >= 11 is 0. The molecular formula is H9BCaFeSi. The molecule has 0 bridgehead atoms. The SMILES string of the molecule is B.[CaH2].[Fe].[SiH4]. The van der Waals surface area contributed by atoms with Crippen LogP contribution in [0.4, 0.5) is 0 Å². The predicted octanol–water partition coefficient (Wildman–Crippen LogP) is -3.55. The molecule has 0 aromatic rings. The first-order chi connectivity index (χ1) is 0. The first-order valence-corrected chi connectivity index (χ1v) is 0. The second-order valence-electron chi connectivity index (χ2n) is 0. The van der Waals surface area contributed by atoms with Crippen LogP contribution in [0.3, 0.4) is 0 Å². The van der Waals surface area contributed by atoms with Gasteiger partial charge in [0.2, 0.25) is 0 Å². The van der Waals surface area contributed by atoms with Crippen LogP contribution in [0.1, 0.15) is 0 Å². The second kappa shape index (κ2) is 19.6. The minimum absolute atomic E-state index is 0. The standard InChI is InChI=1S/BH3.Ca.Fe.H4Si.2H/h1H3;;;1H4;;. The third-order valence-corrected chi connectivity index (χ3v) is 0. The van der Waals surface area contributed by atoms with Crippen molar-refractivity contribution in [3.05, 3.63) is 0 Å². The van der Waals surface area contributed by atoms with Crippen molar-refractivity contribution in [2.24, 2.45) is 0 Å². The van der Waals surface area contributed by atoms with Crippen molar-refractivity contribution in [1.29, 1.82) is 0 Å². The van der Waals surface area contributed by atoms with Crippen molar-refractivity contribution in [2.45, 2.75) is 0 Å². The van der Waals surface area contributed by atoms with Gasteiger partial charge in [0.1, 0.15) is 0 Å². The van der Waals surface area contributed by atoms with Gasteiger partial charge in [0.15, 0.2) is 0 Å². The predicted molar refractivity (Wildman–Crippen MR) is 29.8 cm³/mol. The summed E-state index contributed by atoms with van der Waals surface area (Å²) < 4.78 is 0. The summed E-state index contributed by atoms with van der Waals surface area (Å²) in [5.74, 6) is 0. The number of hydrogen-bond donors (Lipinski definition) is 0. The minimum atomic E-state index is 0. The molecule has 0 saturated heterocycles.